The number of hydrogen-bond donors (Lipinski definition) is 0. The Balaban J connectivity index is -0.000000217. The summed E-state index contributed by atoms with van der Waals surface area (Å²) >= 11 is 0. The van der Waals surface area contributed by atoms with Crippen LogP contribution in [0.15, 0.2) is 47.6 Å². The van der Waals surface area contributed by atoms with Crippen LogP contribution in [0.2, 0.25) is 0 Å². The second kappa shape index (κ2) is 30.0. The van der Waals surface area contributed by atoms with Gasteiger partial charge in [0.1, 0.15) is 6.42 Å². The van der Waals surface area contributed by atoms with Gasteiger partial charge in [0, 0.05) is 6.42 Å². The molecule has 0 heterocycles. The monoisotopic (exact) mass is 1280 g/mol. The Morgan fingerprint density at radius 2 is 0.564 bits per heavy atom. The molecular formula is C30H20F44O4. The summed E-state index contributed by atoms with van der Waals surface area (Å²) in [6.45, 7) is -2.58. The molecule has 472 valence electrons. The first kappa shape index (κ1) is 85.0. The molecule has 0 aromatic carbocycles. The Bertz CT molecular complexity index is 1910. The van der Waals surface area contributed by atoms with Gasteiger partial charge >= 0.3 is 103 Å². The molecule has 0 rings (SSSR count). The molecule has 0 fully saturated rings. The standard InChI is InChI=1S/2C8H5F11O.2C6H2F10O.2CH3F/c1-2-5(12,13)7(16,17)8(18,19)20-6(14,15)3(9)4(10)11;1-2-5(12,7(15,16)17)8(18,19)20-6(13,14)3(9)4(10)11;7-1-4(11,12)6(15,16)17-5(13,14)2(8)3(9)10;7-2(3(8)9)6(15,16)17-5(13,14)1-4(10,11)12;2*1-2/h2*2H2,1H3;2*1H2;2*1H3. The van der Waals surface area contributed by atoms with Gasteiger partial charge in [0.05, 0.1) is 14.4 Å². The minimum Gasteiger partial charge on any atom is -0.255 e. The van der Waals surface area contributed by atoms with Gasteiger partial charge in [0.2, 0.25) is 0 Å². The van der Waals surface area contributed by atoms with Crippen LogP contribution in [0.4, 0.5) is 193 Å². The highest BCUT2D eigenvalue weighted by atomic mass is 19.4. The molecule has 0 saturated heterocycles. The fourth-order valence-corrected chi connectivity index (χ4v) is 2.86. The summed E-state index contributed by atoms with van der Waals surface area (Å²) in [5.41, 5.74) is -5.61. The van der Waals surface area contributed by atoms with Crippen molar-refractivity contribution in [2.24, 2.45) is 0 Å². The van der Waals surface area contributed by atoms with Crippen LogP contribution in [0.25, 0.3) is 0 Å². The van der Waals surface area contributed by atoms with Gasteiger partial charge in [-0.05, 0) is 6.42 Å². The van der Waals surface area contributed by atoms with E-state index >= 15 is 0 Å². The smallest absolute Gasteiger partial charge is 0.255 e. The van der Waals surface area contributed by atoms with E-state index in [1.165, 1.54) is 0 Å². The third-order valence-corrected chi connectivity index (χ3v) is 6.40. The number of ether oxygens (including phenoxy) is 4. The third kappa shape index (κ3) is 25.0. The zero-order valence-electron chi connectivity index (χ0n) is 36.1. The molecule has 0 radical (unpaired) electrons. The van der Waals surface area contributed by atoms with E-state index in [1.54, 1.807) is 0 Å². The molecule has 1 atom stereocenters. The lowest BCUT2D eigenvalue weighted by Crippen LogP contribution is -2.58. The minimum atomic E-state index is -6.61. The van der Waals surface area contributed by atoms with Crippen molar-refractivity contribution in [1.29, 1.82) is 0 Å². The molecule has 1 unspecified atom stereocenters. The van der Waals surface area contributed by atoms with Gasteiger partial charge in [-0.15, -0.1) is 0 Å². The van der Waals surface area contributed by atoms with Crippen LogP contribution in [0, 0.1) is 0 Å². The molecule has 0 N–H and O–H groups in total. The summed E-state index contributed by atoms with van der Waals surface area (Å²) in [6, 6.07) is 0. The summed E-state index contributed by atoms with van der Waals surface area (Å²) < 4.78 is 534. The fourth-order valence-electron chi connectivity index (χ4n) is 2.86. The number of hydrogen-bond acceptors (Lipinski definition) is 4. The van der Waals surface area contributed by atoms with Crippen molar-refractivity contribution in [1.82, 2.24) is 0 Å². The lowest BCUT2D eigenvalue weighted by atomic mass is 10.0. The quantitative estimate of drug-likeness (QED) is 0.114. The van der Waals surface area contributed by atoms with Crippen LogP contribution < -0.4 is 0 Å². The highest BCUT2D eigenvalue weighted by Gasteiger charge is 2.76. The zero-order chi connectivity index (χ0) is 65.3. The molecule has 48 heteroatoms. The van der Waals surface area contributed by atoms with Gasteiger partial charge in [-0.2, -0.15) is 176 Å². The Morgan fingerprint density at radius 3 is 0.769 bits per heavy atom. The maximum Gasteiger partial charge on any atom is 0.431 e. The molecule has 0 aromatic rings. The van der Waals surface area contributed by atoms with E-state index in [0.29, 0.717) is 21.3 Å². The van der Waals surface area contributed by atoms with Gasteiger partial charge in [-0.25, -0.2) is 27.7 Å². The van der Waals surface area contributed by atoms with Gasteiger partial charge in [-0.1, -0.05) is 13.8 Å². The molecular weight excluding hydrogens is 1260 g/mol. The van der Waals surface area contributed by atoms with Crippen molar-refractivity contribution in [2.75, 3.05) is 21.0 Å². The van der Waals surface area contributed by atoms with E-state index in [4.69, 9.17) is 0 Å². The van der Waals surface area contributed by atoms with Crippen molar-refractivity contribution in [3.8, 4) is 0 Å². The van der Waals surface area contributed by atoms with Crippen LogP contribution in [0.1, 0.15) is 33.1 Å². The average Bonchev–Trinajstić information content (AvgIpc) is 3.23. The zero-order valence-corrected chi connectivity index (χ0v) is 36.1. The van der Waals surface area contributed by atoms with E-state index in [9.17, 15) is 193 Å². The normalized spacial score (nSPS) is 14.2. The molecule has 78 heavy (non-hydrogen) atoms. The molecule has 4 nitrogen and oxygen atoms in total. The first-order valence-corrected chi connectivity index (χ1v) is 16.8. The molecule has 0 aromatic heterocycles. The average molecular weight is 1280 g/mol. The molecule has 0 saturated carbocycles. The van der Waals surface area contributed by atoms with E-state index in [0.717, 1.165) is 0 Å². The first-order valence-electron chi connectivity index (χ1n) is 16.8. The summed E-state index contributed by atoms with van der Waals surface area (Å²) in [5.74, 6) is -32.9. The molecule has 0 spiro atoms. The van der Waals surface area contributed by atoms with Gasteiger partial charge < -0.3 is 0 Å². The van der Waals surface area contributed by atoms with E-state index in [-0.39, 0.29) is 6.92 Å². The van der Waals surface area contributed by atoms with Gasteiger partial charge in [-0.3, -0.25) is 8.78 Å². The number of rotatable bonds is 20. The molecule has 0 amide bonds. The second-order valence-electron chi connectivity index (χ2n) is 11.9. The lowest BCUT2D eigenvalue weighted by molar-refractivity contribution is -0.452. The largest absolute Gasteiger partial charge is 0.431 e. The fraction of sp³-hybridized carbons (Fsp3) is 0.733. The first-order chi connectivity index (χ1) is 33.9. The van der Waals surface area contributed by atoms with Crippen LogP contribution in [0.5, 0.6) is 0 Å². The molecule has 0 aliphatic carbocycles. The van der Waals surface area contributed by atoms with Crippen LogP contribution in [0.3, 0.4) is 0 Å². The molecule has 0 bridgehead atoms. The second-order valence-corrected chi connectivity index (χ2v) is 11.9. The highest BCUT2D eigenvalue weighted by Crippen LogP contribution is 2.53. The third-order valence-electron chi connectivity index (χ3n) is 6.40. The minimum absolute atomic E-state index is 0.213. The summed E-state index contributed by atoms with van der Waals surface area (Å²) in [4.78, 5) is 0. The summed E-state index contributed by atoms with van der Waals surface area (Å²) in [6.07, 6.45) is -83.0. The van der Waals surface area contributed by atoms with Gasteiger partial charge in [0.15, 0.2) is 6.67 Å². The summed E-state index contributed by atoms with van der Waals surface area (Å²) in [7, 11) is 1.00. The lowest BCUT2D eigenvalue weighted by Gasteiger charge is -2.34. The Labute approximate surface area is 399 Å². The Morgan fingerprint density at radius 1 is 0.321 bits per heavy atom. The number of halogens is 44. The topological polar surface area (TPSA) is 36.9 Å². The van der Waals surface area contributed by atoms with Crippen molar-refractivity contribution in [3.05, 3.63) is 47.6 Å². The molecule has 0 aliphatic rings. The maximum absolute atomic E-state index is 13.1. The van der Waals surface area contributed by atoms with E-state index in [2.05, 4.69) is 9.47 Å². The SMILES string of the molecule is CCC(F)(C(F)(F)F)C(F)(F)OC(F)(F)C(F)=C(F)F.CCC(F)(F)C(F)(F)C(F)(F)OC(F)(F)C(F)=C(F)F.CF.CF.FC(F)=C(F)C(F)(F)OC(F)(F)CC(F)(F)F.FCC(F)(F)C(F)(F)OC(F)(F)C(F)=C(F)F. The molecule has 0 aliphatic heterocycles. The number of alkyl halides is 32. The van der Waals surface area contributed by atoms with Crippen molar-refractivity contribution in [2.45, 2.75) is 118 Å². The summed E-state index contributed by atoms with van der Waals surface area (Å²) in [5, 5.41) is 0. The van der Waals surface area contributed by atoms with Crippen molar-refractivity contribution < 1.29 is 212 Å². The Hall–Kier alpha value is -4.28. The van der Waals surface area contributed by atoms with Gasteiger partial charge in [0.25, 0.3) is 29.0 Å². The van der Waals surface area contributed by atoms with Crippen LogP contribution >= 0.6 is 0 Å². The van der Waals surface area contributed by atoms with Crippen molar-refractivity contribution >= 4 is 0 Å². The predicted molar refractivity (Wildman–Crippen MR) is 161 cm³/mol. The van der Waals surface area contributed by atoms with E-state index < -0.39 is 158 Å². The predicted octanol–water partition coefficient (Wildman–Crippen LogP) is 19.2. The highest BCUT2D eigenvalue weighted by molar-refractivity contribution is 5.04. The van der Waals surface area contributed by atoms with Crippen LogP contribution in [-0.2, 0) is 18.9 Å². The maximum atomic E-state index is 13.1. The van der Waals surface area contributed by atoms with E-state index in [1.807, 2.05) is 9.47 Å². The van der Waals surface area contributed by atoms with Crippen LogP contribution in [-0.4, -0.2) is 106 Å². The van der Waals surface area contributed by atoms with Crippen molar-refractivity contribution in [3.63, 3.8) is 0 Å². The Kier molecular flexibility index (Phi) is 32.7.